The van der Waals surface area contributed by atoms with Gasteiger partial charge in [0.05, 0.1) is 5.52 Å². The van der Waals surface area contributed by atoms with Gasteiger partial charge in [0.2, 0.25) is 5.91 Å². The lowest BCUT2D eigenvalue weighted by Crippen LogP contribution is -2.48. The molecule has 1 saturated heterocycles. The van der Waals surface area contributed by atoms with Crippen LogP contribution in [0.25, 0.3) is 10.9 Å². The van der Waals surface area contributed by atoms with Crippen LogP contribution in [0.2, 0.25) is 0 Å². The lowest BCUT2D eigenvalue weighted by atomic mass is 10.0. The van der Waals surface area contributed by atoms with Gasteiger partial charge in [0.25, 0.3) is 0 Å². The Labute approximate surface area is 163 Å². The summed E-state index contributed by atoms with van der Waals surface area (Å²) in [5, 5.41) is 19.7. The average molecular weight is 385 g/mol. The quantitative estimate of drug-likeness (QED) is 0.546. The van der Waals surface area contributed by atoms with Gasteiger partial charge >= 0.3 is 0 Å². The van der Waals surface area contributed by atoms with Crippen molar-refractivity contribution >= 4 is 38.9 Å². The third kappa shape index (κ3) is 4.84. The molecule has 0 spiro atoms. The van der Waals surface area contributed by atoms with Crippen molar-refractivity contribution in [1.82, 2.24) is 20.1 Å². The molecule has 3 rings (SSSR count). The Morgan fingerprint density at radius 1 is 1.22 bits per heavy atom. The molecule has 8 heteroatoms. The fourth-order valence-corrected chi connectivity index (χ4v) is 3.91. The van der Waals surface area contributed by atoms with Crippen LogP contribution in [0.1, 0.15) is 25.5 Å². The summed E-state index contributed by atoms with van der Waals surface area (Å²) in [7, 11) is 0. The molecule has 0 radical (unpaired) electrons. The van der Waals surface area contributed by atoms with Crippen molar-refractivity contribution in [2.24, 2.45) is 0 Å². The van der Waals surface area contributed by atoms with Gasteiger partial charge < -0.3 is 10.2 Å². The van der Waals surface area contributed by atoms with Crippen LogP contribution in [0.3, 0.4) is 0 Å². The maximum absolute atomic E-state index is 11.0. The Hall–Kier alpha value is -2.45. The Bertz CT molecular complexity index is 862. The molecule has 142 valence electrons. The van der Waals surface area contributed by atoms with Crippen LogP contribution >= 0.6 is 11.8 Å². The molecule has 27 heavy (non-hydrogen) atoms. The van der Waals surface area contributed by atoms with Gasteiger partial charge in [-0.1, -0.05) is 18.2 Å². The van der Waals surface area contributed by atoms with Crippen LogP contribution in [-0.2, 0) is 4.79 Å². The third-order valence-corrected chi connectivity index (χ3v) is 5.51. The second kappa shape index (κ2) is 8.49. The number of nitrogens with zero attached hydrogens (tertiary/aromatic N) is 3. The summed E-state index contributed by atoms with van der Waals surface area (Å²) in [6, 6.07) is 10.7. The van der Waals surface area contributed by atoms with Crippen LogP contribution in [0.15, 0.2) is 36.5 Å². The predicted octanol–water partition coefficient (Wildman–Crippen LogP) is 2.65. The number of hydrogen-bond acceptors (Lipinski definition) is 6. The number of rotatable bonds is 2. The van der Waals surface area contributed by atoms with E-state index >= 15 is 0 Å². The Kier molecular flexibility index (Phi) is 6.08. The fourth-order valence-electron chi connectivity index (χ4n) is 3.21. The van der Waals surface area contributed by atoms with Crippen LogP contribution in [0.5, 0.6) is 0 Å². The molecule has 1 atom stereocenters. The van der Waals surface area contributed by atoms with E-state index in [9.17, 15) is 4.79 Å². The zero-order valence-electron chi connectivity index (χ0n) is 15.5. The number of amidine groups is 2. The molecule has 1 fully saturated rings. The number of benzene rings is 1. The number of thioether (sulfide) groups is 1. The van der Waals surface area contributed by atoms with Crippen molar-refractivity contribution in [3.8, 4) is 0 Å². The van der Waals surface area contributed by atoms with E-state index in [0.29, 0.717) is 5.17 Å². The van der Waals surface area contributed by atoms with E-state index in [2.05, 4.69) is 46.4 Å². The number of piperazine rings is 1. The minimum atomic E-state index is -0.288. The first-order valence-electron chi connectivity index (χ1n) is 8.90. The van der Waals surface area contributed by atoms with Crippen LogP contribution in [0.4, 0.5) is 0 Å². The standard InChI is InChI=1S/C19H24N6OS/c1-13(16-6-5-15-4-3-7-22-17(15)12-16)24-8-10-25(11-9-24)19(21)27-18(20)23-14(2)26/h3-7,12-13,21H,8-11H2,1-2H3,(H2,20,23,26). The highest BCUT2D eigenvalue weighted by atomic mass is 32.2. The van der Waals surface area contributed by atoms with Gasteiger partial charge in [-0.05, 0) is 36.4 Å². The van der Waals surface area contributed by atoms with Gasteiger partial charge in [0.1, 0.15) is 0 Å². The Morgan fingerprint density at radius 3 is 2.67 bits per heavy atom. The van der Waals surface area contributed by atoms with Crippen molar-refractivity contribution in [3.63, 3.8) is 0 Å². The highest BCUT2D eigenvalue weighted by Gasteiger charge is 2.24. The average Bonchev–Trinajstić information content (AvgIpc) is 2.66. The normalized spacial score (nSPS) is 16.1. The minimum absolute atomic E-state index is 0.00744. The van der Waals surface area contributed by atoms with Crippen LogP contribution < -0.4 is 5.32 Å². The number of carbonyl (C=O) groups excluding carboxylic acids is 1. The molecular formula is C19H24N6OS. The van der Waals surface area contributed by atoms with Gasteiger partial charge in [-0.3, -0.25) is 25.5 Å². The molecule has 0 bridgehead atoms. The number of hydrogen-bond donors (Lipinski definition) is 3. The van der Waals surface area contributed by atoms with Crippen molar-refractivity contribution in [3.05, 3.63) is 42.1 Å². The van der Waals surface area contributed by atoms with Gasteiger partial charge in [-0.15, -0.1) is 0 Å². The summed E-state index contributed by atoms with van der Waals surface area (Å²) in [5.41, 5.74) is 2.25. The molecule has 0 aliphatic carbocycles. The number of amides is 1. The number of carbonyl (C=O) groups is 1. The molecule has 3 N–H and O–H groups in total. The molecule has 2 aromatic rings. The summed E-state index contributed by atoms with van der Waals surface area (Å²) in [5.74, 6) is -0.288. The predicted molar refractivity (Wildman–Crippen MR) is 110 cm³/mol. The lowest BCUT2D eigenvalue weighted by molar-refractivity contribution is -0.117. The van der Waals surface area contributed by atoms with Crippen LogP contribution in [-0.4, -0.2) is 57.2 Å². The summed E-state index contributed by atoms with van der Waals surface area (Å²) in [6.45, 7) is 6.72. The second-order valence-corrected chi connectivity index (χ2v) is 7.57. The molecule has 1 aliphatic rings. The van der Waals surface area contributed by atoms with Crippen molar-refractivity contribution < 1.29 is 4.79 Å². The number of aromatic nitrogens is 1. The number of pyridine rings is 1. The zero-order valence-corrected chi connectivity index (χ0v) is 16.3. The maximum atomic E-state index is 11.0. The zero-order chi connectivity index (χ0) is 19.4. The van der Waals surface area contributed by atoms with E-state index in [0.717, 1.165) is 48.8 Å². The van der Waals surface area contributed by atoms with E-state index in [1.54, 1.807) is 0 Å². The number of fused-ring (bicyclic) bond motifs is 1. The molecule has 7 nitrogen and oxygen atoms in total. The summed E-state index contributed by atoms with van der Waals surface area (Å²) in [6.07, 6.45) is 1.82. The number of nitrogens with one attached hydrogen (secondary N) is 3. The van der Waals surface area contributed by atoms with E-state index in [-0.39, 0.29) is 17.1 Å². The highest BCUT2D eigenvalue weighted by molar-refractivity contribution is 8.26. The Balaban J connectivity index is 1.57. The van der Waals surface area contributed by atoms with Crippen LogP contribution in [0, 0.1) is 10.8 Å². The SMILES string of the molecule is CC(=O)NC(=N)SC(=N)N1CCN(C(C)c2ccc3cccnc3c2)CC1. The molecule has 1 aromatic carbocycles. The minimum Gasteiger partial charge on any atom is -0.349 e. The molecule has 1 amide bonds. The second-order valence-electron chi connectivity index (χ2n) is 6.57. The highest BCUT2D eigenvalue weighted by Crippen LogP contribution is 2.25. The molecule has 0 saturated carbocycles. The molecule has 1 aromatic heterocycles. The monoisotopic (exact) mass is 384 g/mol. The van der Waals surface area contributed by atoms with Crippen molar-refractivity contribution in [2.75, 3.05) is 26.2 Å². The first kappa shape index (κ1) is 19.3. The van der Waals surface area contributed by atoms with Gasteiger partial charge in [-0.2, -0.15) is 0 Å². The van der Waals surface area contributed by atoms with E-state index in [4.69, 9.17) is 10.8 Å². The van der Waals surface area contributed by atoms with Gasteiger partial charge in [0.15, 0.2) is 10.3 Å². The molecule has 2 heterocycles. The van der Waals surface area contributed by atoms with Gasteiger partial charge in [0, 0.05) is 50.7 Å². The fraction of sp³-hybridized carbons (Fsp3) is 0.368. The van der Waals surface area contributed by atoms with E-state index in [1.807, 2.05) is 17.2 Å². The molecule has 1 unspecified atom stereocenters. The van der Waals surface area contributed by atoms with E-state index in [1.165, 1.54) is 12.5 Å². The summed E-state index contributed by atoms with van der Waals surface area (Å²) < 4.78 is 0. The van der Waals surface area contributed by atoms with Gasteiger partial charge in [-0.25, -0.2) is 0 Å². The molecular weight excluding hydrogens is 360 g/mol. The first-order valence-corrected chi connectivity index (χ1v) is 9.72. The maximum Gasteiger partial charge on any atom is 0.222 e. The molecule has 1 aliphatic heterocycles. The first-order chi connectivity index (χ1) is 12.9. The van der Waals surface area contributed by atoms with Crippen molar-refractivity contribution in [1.29, 1.82) is 10.8 Å². The van der Waals surface area contributed by atoms with Crippen molar-refractivity contribution in [2.45, 2.75) is 19.9 Å². The summed E-state index contributed by atoms with van der Waals surface area (Å²) >= 11 is 0.976. The Morgan fingerprint density at radius 2 is 1.96 bits per heavy atom. The largest absolute Gasteiger partial charge is 0.349 e. The topological polar surface area (TPSA) is 96.2 Å². The lowest BCUT2D eigenvalue weighted by Gasteiger charge is -2.39. The smallest absolute Gasteiger partial charge is 0.222 e. The van der Waals surface area contributed by atoms with E-state index < -0.39 is 0 Å². The summed E-state index contributed by atoms with van der Waals surface area (Å²) in [4.78, 5) is 19.8. The third-order valence-electron chi connectivity index (χ3n) is 4.75.